The van der Waals surface area contributed by atoms with Crippen LogP contribution in [0, 0.1) is 0 Å². The summed E-state index contributed by atoms with van der Waals surface area (Å²) in [5, 5.41) is 14.1. The zero-order valence-corrected chi connectivity index (χ0v) is 17.2. The molecule has 1 aliphatic heterocycles. The molecule has 26 heavy (non-hydrogen) atoms. The third kappa shape index (κ3) is 6.95. The highest BCUT2D eigenvalue weighted by Gasteiger charge is 2.16. The first-order valence-electron chi connectivity index (χ1n) is 9.33. The molecule has 5 nitrogen and oxygen atoms in total. The molecule has 1 aliphatic rings. The molecule has 1 saturated heterocycles. The van der Waals surface area contributed by atoms with E-state index in [1.165, 1.54) is 0 Å². The molecule has 0 atom stereocenters. The molecule has 0 aromatic heterocycles. The van der Waals surface area contributed by atoms with E-state index in [1.54, 1.807) is 0 Å². The van der Waals surface area contributed by atoms with E-state index in [0.29, 0.717) is 16.6 Å². The molecule has 7 heteroatoms. The average molecular weight is 401 g/mol. The molecule has 0 bridgehead atoms. The van der Waals surface area contributed by atoms with Crippen molar-refractivity contribution in [1.82, 2.24) is 15.1 Å². The molecule has 0 aliphatic carbocycles. The quantitative estimate of drug-likeness (QED) is 0.419. The van der Waals surface area contributed by atoms with Gasteiger partial charge < -0.3 is 20.2 Å². The van der Waals surface area contributed by atoms with Crippen LogP contribution in [0.4, 0.5) is 0 Å². The van der Waals surface area contributed by atoms with Gasteiger partial charge in [0.25, 0.3) is 0 Å². The Bertz CT molecular complexity index is 589. The molecular weight excluding hydrogens is 371 g/mol. The van der Waals surface area contributed by atoms with Crippen LogP contribution in [0.15, 0.2) is 23.2 Å². The van der Waals surface area contributed by atoms with Crippen LogP contribution in [-0.4, -0.2) is 66.7 Å². The number of piperidine rings is 1. The summed E-state index contributed by atoms with van der Waals surface area (Å²) >= 11 is 12.1. The summed E-state index contributed by atoms with van der Waals surface area (Å²) in [6.07, 6.45) is 2.68. The van der Waals surface area contributed by atoms with Crippen LogP contribution in [0.1, 0.15) is 31.7 Å². The second-order valence-electron chi connectivity index (χ2n) is 6.77. The normalized spacial score (nSPS) is 16.7. The lowest BCUT2D eigenvalue weighted by Gasteiger charge is -2.29. The van der Waals surface area contributed by atoms with Crippen LogP contribution in [0.3, 0.4) is 0 Å². The van der Waals surface area contributed by atoms with Gasteiger partial charge in [-0.25, -0.2) is 0 Å². The van der Waals surface area contributed by atoms with Crippen LogP contribution < -0.4 is 5.32 Å². The molecule has 0 saturated carbocycles. The van der Waals surface area contributed by atoms with Crippen molar-refractivity contribution in [3.63, 3.8) is 0 Å². The Hall–Kier alpha value is -1.01. The number of nitrogens with zero attached hydrogens (tertiary/aromatic N) is 3. The van der Waals surface area contributed by atoms with Gasteiger partial charge in [-0.1, -0.05) is 29.3 Å². The first-order chi connectivity index (χ1) is 12.5. The van der Waals surface area contributed by atoms with E-state index < -0.39 is 0 Å². The number of guanidine groups is 1. The summed E-state index contributed by atoms with van der Waals surface area (Å²) in [5.74, 6) is 0.896. The number of likely N-dealkylation sites (tertiary alicyclic amines) is 1. The zero-order valence-electron chi connectivity index (χ0n) is 15.7. The third-order valence-electron chi connectivity index (χ3n) is 4.55. The number of aliphatic hydroxyl groups is 1. The lowest BCUT2D eigenvalue weighted by atomic mass is 10.1. The Morgan fingerprint density at radius 1 is 1.31 bits per heavy atom. The van der Waals surface area contributed by atoms with Gasteiger partial charge in [0.05, 0.1) is 16.1 Å². The lowest BCUT2D eigenvalue weighted by Crippen LogP contribution is -2.39. The summed E-state index contributed by atoms with van der Waals surface area (Å²) in [6, 6.07) is 5.71. The molecule has 2 rings (SSSR count). The fourth-order valence-corrected chi connectivity index (χ4v) is 3.40. The van der Waals surface area contributed by atoms with E-state index in [9.17, 15) is 5.11 Å². The predicted octanol–water partition coefficient (Wildman–Crippen LogP) is 3.24. The van der Waals surface area contributed by atoms with E-state index in [1.807, 2.05) is 25.2 Å². The Morgan fingerprint density at radius 3 is 2.69 bits per heavy atom. The number of aliphatic hydroxyl groups excluding tert-OH is 1. The number of benzene rings is 1. The molecule has 146 valence electrons. The first kappa shape index (κ1) is 21.3. The van der Waals surface area contributed by atoms with Gasteiger partial charge in [0.15, 0.2) is 5.96 Å². The highest BCUT2D eigenvalue weighted by Crippen LogP contribution is 2.23. The highest BCUT2D eigenvalue weighted by atomic mass is 35.5. The number of nitrogens with one attached hydrogen (secondary N) is 1. The molecule has 0 unspecified atom stereocenters. The zero-order chi connectivity index (χ0) is 18.9. The monoisotopic (exact) mass is 400 g/mol. The van der Waals surface area contributed by atoms with E-state index in [2.05, 4.69) is 22.0 Å². The van der Waals surface area contributed by atoms with Gasteiger partial charge in [0, 0.05) is 39.8 Å². The fraction of sp³-hybridized carbons (Fsp3) is 0.632. The van der Waals surface area contributed by atoms with E-state index in [0.717, 1.165) is 63.5 Å². The van der Waals surface area contributed by atoms with Crippen molar-refractivity contribution in [2.45, 2.75) is 38.8 Å². The topological polar surface area (TPSA) is 51.1 Å². The number of hydrogen-bond acceptors (Lipinski definition) is 3. The summed E-state index contributed by atoms with van der Waals surface area (Å²) in [4.78, 5) is 9.25. The maximum atomic E-state index is 9.57. The largest absolute Gasteiger partial charge is 0.393 e. The number of rotatable bonds is 7. The summed E-state index contributed by atoms with van der Waals surface area (Å²) in [5.41, 5.74) is 1.10. The molecular formula is C19H30Cl2N4O. The summed E-state index contributed by atoms with van der Waals surface area (Å²) in [7, 11) is 2.02. The summed E-state index contributed by atoms with van der Waals surface area (Å²) in [6.45, 7) is 7.41. The van der Waals surface area contributed by atoms with Crippen LogP contribution >= 0.6 is 23.2 Å². The number of hydrogen-bond donors (Lipinski definition) is 2. The molecule has 2 N–H and O–H groups in total. The standard InChI is InChI=1S/C19H30Cl2N4O/c1-3-22-19(23-9-4-10-25-11-7-16(26)8-12-25)24(2)14-15-5-6-17(20)18(21)13-15/h5-6,13,16,26H,3-4,7-12,14H2,1-2H3,(H,22,23). The fourth-order valence-electron chi connectivity index (χ4n) is 3.08. The minimum absolute atomic E-state index is 0.111. The maximum Gasteiger partial charge on any atom is 0.193 e. The smallest absolute Gasteiger partial charge is 0.193 e. The van der Waals surface area contributed by atoms with Gasteiger partial charge in [-0.05, 0) is 50.4 Å². The van der Waals surface area contributed by atoms with Gasteiger partial charge in [-0.15, -0.1) is 0 Å². The average Bonchev–Trinajstić information content (AvgIpc) is 2.62. The second-order valence-corrected chi connectivity index (χ2v) is 7.58. The predicted molar refractivity (Wildman–Crippen MR) is 110 cm³/mol. The molecule has 1 aromatic rings. The van der Waals surface area contributed by atoms with Crippen molar-refractivity contribution in [3.05, 3.63) is 33.8 Å². The Morgan fingerprint density at radius 2 is 2.04 bits per heavy atom. The van der Waals surface area contributed by atoms with E-state index in [-0.39, 0.29) is 6.10 Å². The summed E-state index contributed by atoms with van der Waals surface area (Å²) < 4.78 is 0. The SMILES string of the molecule is CCNC(=NCCCN1CCC(O)CC1)N(C)Cc1ccc(Cl)c(Cl)c1. The Balaban J connectivity index is 1.83. The van der Waals surface area contributed by atoms with E-state index >= 15 is 0 Å². The van der Waals surface area contributed by atoms with Gasteiger partial charge in [-0.2, -0.15) is 0 Å². The molecule has 1 fully saturated rings. The van der Waals surface area contributed by atoms with Gasteiger partial charge in [0.1, 0.15) is 0 Å². The minimum atomic E-state index is -0.111. The van der Waals surface area contributed by atoms with Crippen molar-refractivity contribution in [2.75, 3.05) is 39.8 Å². The Kier molecular flexibility index (Phi) is 8.99. The van der Waals surface area contributed by atoms with Gasteiger partial charge >= 0.3 is 0 Å². The lowest BCUT2D eigenvalue weighted by molar-refractivity contribution is 0.0824. The van der Waals surface area contributed by atoms with Crippen molar-refractivity contribution in [1.29, 1.82) is 0 Å². The third-order valence-corrected chi connectivity index (χ3v) is 5.29. The van der Waals surface area contributed by atoms with Crippen LogP contribution in [0.25, 0.3) is 0 Å². The molecule has 1 aromatic carbocycles. The number of halogens is 2. The Labute approximate surface area is 167 Å². The van der Waals surface area contributed by atoms with Crippen molar-refractivity contribution in [2.24, 2.45) is 4.99 Å². The minimum Gasteiger partial charge on any atom is -0.393 e. The van der Waals surface area contributed by atoms with Crippen LogP contribution in [0.5, 0.6) is 0 Å². The number of aliphatic imine (C=N–C) groups is 1. The van der Waals surface area contributed by atoms with Crippen molar-refractivity contribution < 1.29 is 5.11 Å². The molecule has 1 heterocycles. The molecule has 0 amide bonds. The van der Waals surface area contributed by atoms with E-state index in [4.69, 9.17) is 28.2 Å². The van der Waals surface area contributed by atoms with Crippen LogP contribution in [0.2, 0.25) is 10.0 Å². The first-order valence-corrected chi connectivity index (χ1v) is 10.1. The highest BCUT2D eigenvalue weighted by molar-refractivity contribution is 6.42. The van der Waals surface area contributed by atoms with Gasteiger partial charge in [-0.3, -0.25) is 4.99 Å². The second kappa shape index (κ2) is 11.0. The maximum absolute atomic E-state index is 9.57. The van der Waals surface area contributed by atoms with Crippen molar-refractivity contribution >= 4 is 29.2 Å². The molecule has 0 spiro atoms. The van der Waals surface area contributed by atoms with Crippen molar-refractivity contribution in [3.8, 4) is 0 Å². The van der Waals surface area contributed by atoms with Crippen LogP contribution in [-0.2, 0) is 6.54 Å². The van der Waals surface area contributed by atoms with Gasteiger partial charge in [0.2, 0.25) is 0 Å². The molecule has 0 radical (unpaired) electrons.